The number of ether oxygens (including phenoxy) is 3. The topological polar surface area (TPSA) is 175 Å². The van der Waals surface area contributed by atoms with Gasteiger partial charge in [0.05, 0.1) is 25.4 Å². The van der Waals surface area contributed by atoms with Gasteiger partial charge in [0.1, 0.15) is 24.4 Å². The highest BCUT2D eigenvalue weighted by molar-refractivity contribution is 5.80. The van der Waals surface area contributed by atoms with Gasteiger partial charge in [-0.25, -0.2) is 0 Å². The first-order valence-electron chi connectivity index (χ1n) is 33.0. The lowest BCUT2D eigenvalue weighted by Gasteiger charge is -2.41. The molecular weight excluding hydrogens is 1010 g/mol. The number of rotatable bonds is 55. The molecule has 466 valence electrons. The van der Waals surface area contributed by atoms with Crippen LogP contribution < -0.4 is 5.32 Å². The summed E-state index contributed by atoms with van der Waals surface area (Å²) >= 11 is 0. The van der Waals surface area contributed by atoms with E-state index >= 15 is 0 Å². The normalized spacial score (nSPS) is 19.3. The maximum Gasteiger partial charge on any atom is 0.306 e. The predicted octanol–water partition coefficient (Wildman–Crippen LogP) is 16.3. The molecule has 6 N–H and O–H groups in total. The molecule has 0 radical (unpaired) electrons. The first kappa shape index (κ1) is 75.6. The largest absolute Gasteiger partial charge is 0.454 e. The van der Waals surface area contributed by atoms with Gasteiger partial charge in [0, 0.05) is 6.42 Å². The van der Waals surface area contributed by atoms with Crippen molar-refractivity contribution in [2.24, 2.45) is 0 Å². The average molecular weight is 1140 g/mol. The zero-order chi connectivity index (χ0) is 58.9. The van der Waals surface area contributed by atoms with Gasteiger partial charge >= 0.3 is 5.97 Å². The minimum absolute atomic E-state index is 0.106. The fourth-order valence-electron chi connectivity index (χ4n) is 9.81. The van der Waals surface area contributed by atoms with E-state index in [1.54, 1.807) is 6.08 Å². The van der Waals surface area contributed by atoms with Crippen molar-refractivity contribution >= 4 is 11.9 Å². The lowest BCUT2D eigenvalue weighted by Crippen LogP contribution is -2.61. The maximum atomic E-state index is 13.5. The van der Waals surface area contributed by atoms with Crippen LogP contribution in [0.25, 0.3) is 0 Å². The third kappa shape index (κ3) is 44.7. The minimum atomic E-state index is -1.62. The molecule has 0 aromatic rings. The third-order valence-corrected chi connectivity index (χ3v) is 15.0. The van der Waals surface area contributed by atoms with Crippen LogP contribution in [0, 0.1) is 0 Å². The first-order valence-corrected chi connectivity index (χ1v) is 33.0. The molecule has 0 spiro atoms. The van der Waals surface area contributed by atoms with Crippen LogP contribution >= 0.6 is 0 Å². The van der Waals surface area contributed by atoms with Gasteiger partial charge in [-0.1, -0.05) is 272 Å². The molecule has 8 atom stereocenters. The molecular formula is C70H121NO10. The number of amides is 1. The fraction of sp³-hybridized carbons (Fsp3) is 0.743. The molecule has 1 saturated heterocycles. The summed E-state index contributed by atoms with van der Waals surface area (Å²) in [6.07, 6.45) is 65.9. The van der Waals surface area contributed by atoms with Crippen LogP contribution in [0.5, 0.6) is 0 Å². The van der Waals surface area contributed by atoms with E-state index in [2.05, 4.69) is 105 Å². The third-order valence-electron chi connectivity index (χ3n) is 15.0. The van der Waals surface area contributed by atoms with Crippen molar-refractivity contribution in [3.63, 3.8) is 0 Å². The molecule has 1 rings (SSSR count). The number of hydrogen-bond donors (Lipinski definition) is 6. The highest BCUT2D eigenvalue weighted by Gasteiger charge is 2.47. The van der Waals surface area contributed by atoms with Crippen molar-refractivity contribution in [2.45, 2.75) is 320 Å². The second kappa shape index (κ2) is 57.0. The number of esters is 1. The van der Waals surface area contributed by atoms with Crippen molar-refractivity contribution in [2.75, 3.05) is 13.2 Å². The Balaban J connectivity index is 2.59. The van der Waals surface area contributed by atoms with Gasteiger partial charge in [-0.3, -0.25) is 9.59 Å². The standard InChI is InChI=1S/C70H121NO10/c1-4-7-10-13-16-19-22-24-26-27-28-29-30-31-32-33-34-35-36-38-39-42-45-48-51-54-57-63(74)69(78)71-61(62(73)56-53-50-47-44-41-21-18-15-12-9-6-3)60-79-70-68(67(77)66(76)64(59-72)80-70)81-65(75)58-55-52-49-46-43-40-37-25-23-20-17-14-11-8-5-2/h8,11,14,16-17,19-20,23-24,26,28-29,31-32,53,56,61-64,66-68,70,72-74,76-77H,4-7,9-10,12-13,15,18,21-22,25,27,30,33-52,54-55,57-60H2,1-3H3,(H,71,78)/b11-8+,17-14+,19-16-,23-20+,26-24-,29-28-,32-31-,56-53+. The summed E-state index contributed by atoms with van der Waals surface area (Å²) in [4.78, 5) is 26.6. The number of unbranched alkanes of at least 4 members (excludes halogenated alkanes) is 29. The molecule has 1 heterocycles. The zero-order valence-corrected chi connectivity index (χ0v) is 51.6. The quantitative estimate of drug-likeness (QED) is 0.0149. The molecule has 1 amide bonds. The second-order valence-corrected chi connectivity index (χ2v) is 22.5. The van der Waals surface area contributed by atoms with Gasteiger partial charge in [-0.05, 0) is 89.9 Å². The lowest BCUT2D eigenvalue weighted by molar-refractivity contribution is -0.305. The van der Waals surface area contributed by atoms with Crippen LogP contribution in [0.4, 0.5) is 0 Å². The first-order chi connectivity index (χ1) is 39.7. The Morgan fingerprint density at radius 2 is 0.938 bits per heavy atom. The summed E-state index contributed by atoms with van der Waals surface area (Å²) in [6.45, 7) is 5.62. The number of hydrogen-bond acceptors (Lipinski definition) is 10. The number of carbonyl (C=O) groups excluding carboxylic acids is 2. The summed E-state index contributed by atoms with van der Waals surface area (Å²) in [5.41, 5.74) is 0. The average Bonchev–Trinajstić information content (AvgIpc) is 3.50. The summed E-state index contributed by atoms with van der Waals surface area (Å²) in [5, 5.41) is 57.0. The zero-order valence-electron chi connectivity index (χ0n) is 51.6. The van der Waals surface area contributed by atoms with E-state index in [0.717, 1.165) is 116 Å². The van der Waals surface area contributed by atoms with Crippen LogP contribution in [-0.4, -0.2) is 99.6 Å². The molecule has 0 aromatic heterocycles. The van der Waals surface area contributed by atoms with Crippen molar-refractivity contribution < 1.29 is 49.3 Å². The van der Waals surface area contributed by atoms with Gasteiger partial charge < -0.3 is 45.1 Å². The van der Waals surface area contributed by atoms with E-state index in [9.17, 15) is 35.1 Å². The predicted molar refractivity (Wildman–Crippen MR) is 338 cm³/mol. The Hall–Kier alpha value is -3.42. The Morgan fingerprint density at radius 1 is 0.506 bits per heavy atom. The van der Waals surface area contributed by atoms with Gasteiger partial charge in [0.2, 0.25) is 5.91 Å². The smallest absolute Gasteiger partial charge is 0.306 e. The number of nitrogens with one attached hydrogen (secondary N) is 1. The molecule has 0 saturated carbocycles. The molecule has 8 unspecified atom stereocenters. The Kier molecular flexibility index (Phi) is 53.2. The summed E-state index contributed by atoms with van der Waals surface area (Å²) in [5.74, 6) is -1.21. The van der Waals surface area contributed by atoms with E-state index in [-0.39, 0.29) is 19.4 Å². The Bertz CT molecular complexity index is 1690. The molecule has 11 heteroatoms. The summed E-state index contributed by atoms with van der Waals surface area (Å²) in [6, 6.07) is -1.03. The van der Waals surface area contributed by atoms with Crippen LogP contribution in [-0.2, 0) is 23.8 Å². The minimum Gasteiger partial charge on any atom is -0.454 e. The molecule has 11 nitrogen and oxygen atoms in total. The van der Waals surface area contributed by atoms with Gasteiger partial charge in [0.15, 0.2) is 12.4 Å². The molecule has 1 aliphatic rings. The molecule has 0 aromatic carbocycles. The number of aliphatic hydroxyl groups is 5. The Labute approximate surface area is 495 Å². The van der Waals surface area contributed by atoms with E-state index in [4.69, 9.17) is 14.2 Å². The van der Waals surface area contributed by atoms with E-state index in [1.165, 1.54) is 109 Å². The number of carbonyl (C=O) groups is 2. The number of allylic oxidation sites excluding steroid dienone is 15. The van der Waals surface area contributed by atoms with E-state index < -0.39 is 67.4 Å². The van der Waals surface area contributed by atoms with Crippen LogP contribution in [0.15, 0.2) is 97.2 Å². The van der Waals surface area contributed by atoms with Crippen LogP contribution in [0.2, 0.25) is 0 Å². The highest BCUT2D eigenvalue weighted by atomic mass is 16.7. The highest BCUT2D eigenvalue weighted by Crippen LogP contribution is 2.26. The maximum absolute atomic E-state index is 13.5. The van der Waals surface area contributed by atoms with E-state index in [1.807, 2.05) is 12.2 Å². The van der Waals surface area contributed by atoms with Crippen LogP contribution in [0.1, 0.15) is 271 Å². The SMILES string of the molecule is CC/C=C/C=C/C=C/CCCCCCCCCC(=O)OC1C(OCC(NC(=O)C(O)CCCCCCCCCCCC/C=C\C/C=C\C/C=C\C/C=C\CCCCC)C(O)/C=C/CCCCCCCCCCC)OC(CO)C(O)C1O. The van der Waals surface area contributed by atoms with Gasteiger partial charge in [-0.15, -0.1) is 0 Å². The summed E-state index contributed by atoms with van der Waals surface area (Å²) < 4.78 is 17.6. The van der Waals surface area contributed by atoms with Crippen molar-refractivity contribution in [3.05, 3.63) is 97.2 Å². The van der Waals surface area contributed by atoms with Crippen LogP contribution in [0.3, 0.4) is 0 Å². The van der Waals surface area contributed by atoms with Crippen molar-refractivity contribution in [1.29, 1.82) is 0 Å². The monoisotopic (exact) mass is 1140 g/mol. The van der Waals surface area contributed by atoms with Gasteiger partial charge in [0.25, 0.3) is 0 Å². The molecule has 1 fully saturated rings. The van der Waals surface area contributed by atoms with Crippen molar-refractivity contribution in [1.82, 2.24) is 5.32 Å². The molecule has 0 bridgehead atoms. The number of aliphatic hydroxyl groups excluding tert-OH is 5. The molecule has 81 heavy (non-hydrogen) atoms. The fourth-order valence-corrected chi connectivity index (χ4v) is 9.81. The second-order valence-electron chi connectivity index (χ2n) is 22.5. The lowest BCUT2D eigenvalue weighted by atomic mass is 9.99. The Morgan fingerprint density at radius 3 is 1.46 bits per heavy atom. The molecule has 0 aliphatic carbocycles. The molecule has 1 aliphatic heterocycles. The van der Waals surface area contributed by atoms with Crippen molar-refractivity contribution in [3.8, 4) is 0 Å². The summed E-state index contributed by atoms with van der Waals surface area (Å²) in [7, 11) is 0. The van der Waals surface area contributed by atoms with Gasteiger partial charge in [-0.2, -0.15) is 0 Å². The van der Waals surface area contributed by atoms with E-state index in [0.29, 0.717) is 12.8 Å².